The molecule has 0 radical (unpaired) electrons. The fourth-order valence-electron chi connectivity index (χ4n) is 1.82. The Hall–Kier alpha value is -0.710. The molecule has 2 heterocycles. The zero-order valence-electron chi connectivity index (χ0n) is 8.82. The first-order valence-corrected chi connectivity index (χ1v) is 5.56. The summed E-state index contributed by atoms with van der Waals surface area (Å²) < 4.78 is 0. The SMILES string of the molecule is CN1CCC[C@@H]1CON1C=CC=C(Cl)N1. The molecule has 0 aromatic carbocycles. The number of hydroxylamine groups is 1. The molecule has 0 unspecified atom stereocenters. The number of halogens is 1. The number of hydrazine groups is 1. The van der Waals surface area contributed by atoms with Crippen molar-refractivity contribution < 1.29 is 4.84 Å². The van der Waals surface area contributed by atoms with Gasteiger partial charge in [0.2, 0.25) is 0 Å². The molecule has 0 aromatic heterocycles. The van der Waals surface area contributed by atoms with Gasteiger partial charge in [0.25, 0.3) is 0 Å². The molecule has 0 spiro atoms. The van der Waals surface area contributed by atoms with Gasteiger partial charge in [-0.25, -0.2) is 0 Å². The Morgan fingerprint density at radius 1 is 1.67 bits per heavy atom. The molecule has 5 heteroatoms. The largest absolute Gasteiger partial charge is 0.301 e. The van der Waals surface area contributed by atoms with Crippen molar-refractivity contribution in [1.29, 1.82) is 0 Å². The van der Waals surface area contributed by atoms with E-state index in [2.05, 4.69) is 17.4 Å². The maximum Gasteiger partial charge on any atom is 0.122 e. The second-order valence-corrected chi connectivity index (χ2v) is 4.27. The van der Waals surface area contributed by atoms with Gasteiger partial charge < -0.3 is 4.90 Å². The quantitative estimate of drug-likeness (QED) is 0.741. The molecule has 2 aliphatic heterocycles. The summed E-state index contributed by atoms with van der Waals surface area (Å²) >= 11 is 5.80. The number of rotatable bonds is 3. The van der Waals surface area contributed by atoms with Crippen LogP contribution < -0.4 is 5.43 Å². The number of likely N-dealkylation sites (tertiary alicyclic amines) is 1. The number of hydrogen-bond donors (Lipinski definition) is 1. The van der Waals surface area contributed by atoms with Crippen molar-refractivity contribution in [2.45, 2.75) is 18.9 Å². The van der Waals surface area contributed by atoms with Gasteiger partial charge in [-0.2, -0.15) is 5.17 Å². The molecule has 0 bridgehead atoms. The van der Waals surface area contributed by atoms with Crippen LogP contribution in [0.2, 0.25) is 0 Å². The van der Waals surface area contributed by atoms with E-state index in [-0.39, 0.29) is 0 Å². The molecule has 1 N–H and O–H groups in total. The third kappa shape index (κ3) is 2.87. The van der Waals surface area contributed by atoms with Gasteiger partial charge >= 0.3 is 0 Å². The van der Waals surface area contributed by atoms with Crippen molar-refractivity contribution in [3.05, 3.63) is 23.5 Å². The van der Waals surface area contributed by atoms with Crippen molar-refractivity contribution in [3.8, 4) is 0 Å². The second kappa shape index (κ2) is 4.88. The molecule has 0 aromatic rings. The van der Waals surface area contributed by atoms with Crippen LogP contribution in [-0.4, -0.2) is 36.3 Å². The van der Waals surface area contributed by atoms with E-state index in [1.807, 2.05) is 6.08 Å². The van der Waals surface area contributed by atoms with E-state index in [0.29, 0.717) is 17.8 Å². The van der Waals surface area contributed by atoms with Crippen LogP contribution in [0.4, 0.5) is 0 Å². The molecule has 0 saturated carbocycles. The van der Waals surface area contributed by atoms with Crippen molar-refractivity contribution in [1.82, 2.24) is 15.5 Å². The van der Waals surface area contributed by atoms with E-state index in [9.17, 15) is 0 Å². The summed E-state index contributed by atoms with van der Waals surface area (Å²) in [4.78, 5) is 7.90. The highest BCUT2D eigenvalue weighted by Gasteiger charge is 2.21. The summed E-state index contributed by atoms with van der Waals surface area (Å²) in [5, 5.41) is 2.12. The number of nitrogens with zero attached hydrogens (tertiary/aromatic N) is 2. The fourth-order valence-corrected chi connectivity index (χ4v) is 1.97. The van der Waals surface area contributed by atoms with E-state index in [0.717, 1.165) is 6.54 Å². The smallest absolute Gasteiger partial charge is 0.122 e. The van der Waals surface area contributed by atoms with Crippen molar-refractivity contribution in [2.24, 2.45) is 0 Å². The van der Waals surface area contributed by atoms with Gasteiger partial charge in [-0.05, 0) is 38.6 Å². The summed E-state index contributed by atoms with van der Waals surface area (Å²) in [7, 11) is 2.13. The van der Waals surface area contributed by atoms with Crippen LogP contribution in [0.25, 0.3) is 0 Å². The van der Waals surface area contributed by atoms with Gasteiger partial charge in [0.05, 0.1) is 12.8 Å². The molecule has 0 amide bonds. The first-order valence-electron chi connectivity index (χ1n) is 5.19. The van der Waals surface area contributed by atoms with Gasteiger partial charge in [-0.3, -0.25) is 10.3 Å². The van der Waals surface area contributed by atoms with Crippen molar-refractivity contribution >= 4 is 11.6 Å². The Balaban J connectivity index is 1.74. The van der Waals surface area contributed by atoms with Gasteiger partial charge in [0, 0.05) is 6.04 Å². The van der Waals surface area contributed by atoms with Crippen molar-refractivity contribution in [2.75, 3.05) is 20.2 Å². The highest BCUT2D eigenvalue weighted by molar-refractivity contribution is 6.29. The fraction of sp³-hybridized carbons (Fsp3) is 0.600. The summed E-state index contributed by atoms with van der Waals surface area (Å²) in [6, 6.07) is 0.518. The minimum absolute atomic E-state index is 0.518. The molecule has 4 nitrogen and oxygen atoms in total. The van der Waals surface area contributed by atoms with Crippen LogP contribution in [0, 0.1) is 0 Å². The number of likely N-dealkylation sites (N-methyl/N-ethyl adjacent to an activating group) is 1. The first-order chi connectivity index (χ1) is 7.25. The highest BCUT2D eigenvalue weighted by Crippen LogP contribution is 2.15. The summed E-state index contributed by atoms with van der Waals surface area (Å²) in [5.74, 6) is 0. The number of hydrogen-bond acceptors (Lipinski definition) is 4. The zero-order chi connectivity index (χ0) is 10.7. The topological polar surface area (TPSA) is 27.7 Å². The average Bonchev–Trinajstić information content (AvgIpc) is 2.61. The van der Waals surface area contributed by atoms with Crippen LogP contribution in [0.3, 0.4) is 0 Å². The van der Waals surface area contributed by atoms with Crippen LogP contribution >= 0.6 is 11.6 Å². The number of allylic oxidation sites excluding steroid dienone is 2. The van der Waals surface area contributed by atoms with E-state index in [4.69, 9.17) is 16.4 Å². The monoisotopic (exact) mass is 229 g/mol. The molecule has 1 fully saturated rings. The molecule has 0 aliphatic carbocycles. The second-order valence-electron chi connectivity index (χ2n) is 3.87. The summed E-state index contributed by atoms with van der Waals surface area (Å²) in [6.45, 7) is 1.86. The Morgan fingerprint density at radius 2 is 2.53 bits per heavy atom. The molecule has 15 heavy (non-hydrogen) atoms. The van der Waals surface area contributed by atoms with Gasteiger partial charge in [-0.1, -0.05) is 11.6 Å². The van der Waals surface area contributed by atoms with Crippen LogP contribution in [0.5, 0.6) is 0 Å². The zero-order valence-corrected chi connectivity index (χ0v) is 9.57. The number of nitrogens with one attached hydrogen (secondary N) is 1. The van der Waals surface area contributed by atoms with Gasteiger partial charge in [0.1, 0.15) is 5.16 Å². The summed E-state index contributed by atoms with van der Waals surface area (Å²) in [6.07, 6.45) is 7.90. The minimum Gasteiger partial charge on any atom is -0.301 e. The molecular weight excluding hydrogens is 214 g/mol. The Bertz CT molecular complexity index is 280. The predicted molar refractivity (Wildman–Crippen MR) is 59.7 cm³/mol. The Morgan fingerprint density at radius 3 is 3.20 bits per heavy atom. The van der Waals surface area contributed by atoms with E-state index >= 15 is 0 Å². The average molecular weight is 230 g/mol. The van der Waals surface area contributed by atoms with E-state index in [1.54, 1.807) is 17.4 Å². The van der Waals surface area contributed by atoms with E-state index < -0.39 is 0 Å². The predicted octanol–water partition coefficient (Wildman–Crippen LogP) is 1.43. The summed E-state index contributed by atoms with van der Waals surface area (Å²) in [5.41, 5.74) is 2.89. The maximum atomic E-state index is 5.80. The van der Waals surface area contributed by atoms with Gasteiger partial charge in [0.15, 0.2) is 0 Å². The Labute approximate surface area is 95.0 Å². The first kappa shape index (κ1) is 10.8. The van der Waals surface area contributed by atoms with Gasteiger partial charge in [-0.15, -0.1) is 0 Å². The lowest BCUT2D eigenvalue weighted by Crippen LogP contribution is -2.38. The lowest BCUT2D eigenvalue weighted by atomic mass is 10.2. The van der Waals surface area contributed by atoms with Crippen LogP contribution in [0.1, 0.15) is 12.8 Å². The Kier molecular flexibility index (Phi) is 3.51. The molecule has 2 rings (SSSR count). The molecule has 1 atom stereocenters. The molecule has 2 aliphatic rings. The molecular formula is C10H16ClN3O. The highest BCUT2D eigenvalue weighted by atomic mass is 35.5. The molecule has 1 saturated heterocycles. The normalized spacial score (nSPS) is 26.7. The standard InChI is InChI=1S/C10H16ClN3O/c1-13-6-2-4-9(13)8-15-14-7-3-5-10(11)12-14/h3,5,7,9,12H,2,4,6,8H2,1H3/t9-/m1/s1. The minimum atomic E-state index is 0.518. The maximum absolute atomic E-state index is 5.80. The lowest BCUT2D eigenvalue weighted by Gasteiger charge is -2.26. The van der Waals surface area contributed by atoms with Crippen molar-refractivity contribution in [3.63, 3.8) is 0 Å². The van der Waals surface area contributed by atoms with Crippen LogP contribution in [0.15, 0.2) is 23.5 Å². The third-order valence-corrected chi connectivity index (χ3v) is 2.97. The van der Waals surface area contributed by atoms with Crippen LogP contribution in [-0.2, 0) is 4.84 Å². The molecule has 84 valence electrons. The van der Waals surface area contributed by atoms with E-state index in [1.165, 1.54) is 12.8 Å². The lowest BCUT2D eigenvalue weighted by molar-refractivity contribution is -0.160. The third-order valence-electron chi connectivity index (χ3n) is 2.76.